The molecule has 0 aliphatic carbocycles. The molecule has 0 spiro atoms. The Kier molecular flexibility index (Phi) is 2.95. The first-order valence-corrected chi connectivity index (χ1v) is 7.34. The molecule has 0 aromatic carbocycles. The fourth-order valence-electron chi connectivity index (χ4n) is 1.51. The monoisotopic (exact) mass is 243 g/mol. The lowest BCUT2D eigenvalue weighted by Crippen LogP contribution is -2.29. The second-order valence-electron chi connectivity index (χ2n) is 3.67. The van der Waals surface area contributed by atoms with E-state index in [2.05, 4.69) is 18.3 Å². The van der Waals surface area contributed by atoms with Gasteiger partial charge in [-0.1, -0.05) is 6.08 Å². The van der Waals surface area contributed by atoms with Crippen LogP contribution in [0.4, 0.5) is 0 Å². The summed E-state index contributed by atoms with van der Waals surface area (Å²) in [6, 6.07) is 2.04. The van der Waals surface area contributed by atoms with E-state index in [0.29, 0.717) is 0 Å². The summed E-state index contributed by atoms with van der Waals surface area (Å²) in [5.41, 5.74) is 1.26. The zero-order valence-electron chi connectivity index (χ0n) is 8.43. The van der Waals surface area contributed by atoms with Crippen molar-refractivity contribution in [3.63, 3.8) is 0 Å². The van der Waals surface area contributed by atoms with Gasteiger partial charge in [0.05, 0.1) is 5.75 Å². The molecule has 0 amide bonds. The third kappa shape index (κ3) is 2.68. The zero-order valence-corrected chi connectivity index (χ0v) is 10.1. The summed E-state index contributed by atoms with van der Waals surface area (Å²) in [5.74, 6) is 0.192. The number of hydrogen-bond acceptors (Lipinski definition) is 4. The molecular formula is C10H13NO2S2. The van der Waals surface area contributed by atoms with Gasteiger partial charge in [0, 0.05) is 22.9 Å². The number of nitrogens with one attached hydrogen (secondary N) is 1. The van der Waals surface area contributed by atoms with Crippen LogP contribution >= 0.6 is 11.3 Å². The van der Waals surface area contributed by atoms with Gasteiger partial charge in [0.25, 0.3) is 0 Å². The molecule has 0 saturated heterocycles. The van der Waals surface area contributed by atoms with Crippen LogP contribution in [0.25, 0.3) is 0 Å². The predicted octanol–water partition coefficient (Wildman–Crippen LogP) is 1.46. The average Bonchev–Trinajstić information content (AvgIpc) is 2.69. The molecule has 1 aliphatic rings. The van der Waals surface area contributed by atoms with Crippen molar-refractivity contribution in [1.29, 1.82) is 0 Å². The number of thiophene rings is 1. The summed E-state index contributed by atoms with van der Waals surface area (Å²) in [7, 11) is -2.94. The van der Waals surface area contributed by atoms with Crippen LogP contribution in [0.2, 0.25) is 0 Å². The topological polar surface area (TPSA) is 46.2 Å². The summed E-state index contributed by atoms with van der Waals surface area (Å²) in [6.45, 7) is 2.81. The van der Waals surface area contributed by atoms with E-state index in [4.69, 9.17) is 0 Å². The van der Waals surface area contributed by atoms with Gasteiger partial charge >= 0.3 is 0 Å². The molecular weight excluding hydrogens is 230 g/mol. The van der Waals surface area contributed by atoms with Crippen LogP contribution in [0.5, 0.6) is 0 Å². The Balaban J connectivity index is 1.91. The molecule has 1 aromatic rings. The molecule has 0 fully saturated rings. The number of sulfone groups is 1. The summed E-state index contributed by atoms with van der Waals surface area (Å²) in [4.78, 5) is 1.27. The second-order valence-corrected chi connectivity index (χ2v) is 6.60. The van der Waals surface area contributed by atoms with Gasteiger partial charge in [-0.2, -0.15) is 0 Å². The van der Waals surface area contributed by atoms with Crippen LogP contribution in [0.3, 0.4) is 0 Å². The molecule has 3 nitrogen and oxygen atoms in total. The van der Waals surface area contributed by atoms with Crippen LogP contribution < -0.4 is 5.32 Å². The molecule has 0 saturated carbocycles. The Morgan fingerprint density at radius 2 is 2.40 bits per heavy atom. The molecule has 1 unspecified atom stereocenters. The molecule has 5 heteroatoms. The van der Waals surface area contributed by atoms with Gasteiger partial charge in [-0.25, -0.2) is 8.42 Å². The van der Waals surface area contributed by atoms with Crippen LogP contribution in [0.15, 0.2) is 22.9 Å². The van der Waals surface area contributed by atoms with Crippen LogP contribution in [-0.4, -0.2) is 20.2 Å². The fourth-order valence-corrected chi connectivity index (χ4v) is 3.64. The van der Waals surface area contributed by atoms with E-state index in [-0.39, 0.29) is 11.8 Å². The predicted molar refractivity (Wildman–Crippen MR) is 62.6 cm³/mol. The lowest BCUT2D eigenvalue weighted by atomic mass is 10.2. The van der Waals surface area contributed by atoms with Crippen molar-refractivity contribution in [2.75, 3.05) is 5.75 Å². The van der Waals surface area contributed by atoms with Gasteiger partial charge in [0.1, 0.15) is 0 Å². The Morgan fingerprint density at radius 3 is 2.93 bits per heavy atom. The summed E-state index contributed by atoms with van der Waals surface area (Å²) in [6.07, 6.45) is 1.72. The van der Waals surface area contributed by atoms with Crippen LogP contribution in [0, 0.1) is 6.92 Å². The highest BCUT2D eigenvalue weighted by atomic mass is 32.2. The van der Waals surface area contributed by atoms with Crippen LogP contribution in [0.1, 0.15) is 10.4 Å². The SMILES string of the molecule is Cc1ccsc1CNC1C=CS(=O)(=O)C1. The average molecular weight is 243 g/mol. The molecule has 82 valence electrons. The third-order valence-electron chi connectivity index (χ3n) is 2.42. The molecule has 2 heterocycles. The van der Waals surface area contributed by atoms with Gasteiger partial charge in [0.15, 0.2) is 9.84 Å². The maximum absolute atomic E-state index is 11.1. The maximum atomic E-state index is 11.1. The maximum Gasteiger partial charge on any atom is 0.173 e. The number of rotatable bonds is 3. The summed E-state index contributed by atoms with van der Waals surface area (Å²) < 4.78 is 22.3. The molecule has 1 aromatic heterocycles. The summed E-state index contributed by atoms with van der Waals surface area (Å²) >= 11 is 1.70. The Hall–Kier alpha value is -0.650. The quantitative estimate of drug-likeness (QED) is 0.874. The first-order chi connectivity index (χ1) is 7.07. The smallest absolute Gasteiger partial charge is 0.173 e. The van der Waals surface area contributed by atoms with Crippen molar-refractivity contribution in [1.82, 2.24) is 5.32 Å². The molecule has 2 rings (SSSR count). The summed E-state index contributed by atoms with van der Waals surface area (Å²) in [5, 5.41) is 6.57. The van der Waals surface area contributed by atoms with Crippen molar-refractivity contribution in [3.8, 4) is 0 Å². The van der Waals surface area contributed by atoms with Crippen molar-refractivity contribution < 1.29 is 8.42 Å². The molecule has 1 atom stereocenters. The molecule has 0 radical (unpaired) electrons. The lowest BCUT2D eigenvalue weighted by molar-refractivity contribution is 0.591. The minimum atomic E-state index is -2.94. The Morgan fingerprint density at radius 1 is 1.60 bits per heavy atom. The highest BCUT2D eigenvalue weighted by Gasteiger charge is 2.20. The van der Waals surface area contributed by atoms with Gasteiger partial charge in [0.2, 0.25) is 0 Å². The van der Waals surface area contributed by atoms with Gasteiger partial charge in [-0.15, -0.1) is 11.3 Å². The van der Waals surface area contributed by atoms with Gasteiger partial charge in [-0.05, 0) is 23.9 Å². The van der Waals surface area contributed by atoms with E-state index in [1.807, 2.05) is 5.38 Å². The third-order valence-corrected chi connectivity index (χ3v) is 4.84. The van der Waals surface area contributed by atoms with Gasteiger partial charge < -0.3 is 5.32 Å². The largest absolute Gasteiger partial charge is 0.305 e. The Bertz CT molecular complexity index is 473. The van der Waals surface area contributed by atoms with Crippen molar-refractivity contribution in [2.45, 2.75) is 19.5 Å². The van der Waals surface area contributed by atoms with Gasteiger partial charge in [-0.3, -0.25) is 0 Å². The molecule has 1 N–H and O–H groups in total. The highest BCUT2D eigenvalue weighted by molar-refractivity contribution is 7.94. The van der Waals surface area contributed by atoms with Crippen molar-refractivity contribution in [3.05, 3.63) is 33.4 Å². The lowest BCUT2D eigenvalue weighted by Gasteiger charge is -2.08. The first-order valence-electron chi connectivity index (χ1n) is 4.74. The Labute approximate surface area is 93.7 Å². The fraction of sp³-hybridized carbons (Fsp3) is 0.400. The molecule has 1 aliphatic heterocycles. The van der Waals surface area contributed by atoms with E-state index in [1.54, 1.807) is 17.4 Å². The zero-order chi connectivity index (χ0) is 10.9. The first kappa shape index (κ1) is 10.9. The number of aryl methyl sites for hydroxylation is 1. The standard InChI is InChI=1S/C10H13NO2S2/c1-8-2-4-14-10(8)6-11-9-3-5-15(12,13)7-9/h2-5,9,11H,6-7H2,1H3. The minimum Gasteiger partial charge on any atom is -0.305 e. The van der Waals surface area contributed by atoms with E-state index >= 15 is 0 Å². The molecule has 15 heavy (non-hydrogen) atoms. The normalized spacial score (nSPS) is 23.4. The van der Waals surface area contributed by atoms with E-state index < -0.39 is 9.84 Å². The van der Waals surface area contributed by atoms with E-state index in [0.717, 1.165) is 6.54 Å². The van der Waals surface area contributed by atoms with Crippen LogP contribution in [-0.2, 0) is 16.4 Å². The highest BCUT2D eigenvalue weighted by Crippen LogP contribution is 2.16. The van der Waals surface area contributed by atoms with Crippen molar-refractivity contribution >= 4 is 21.2 Å². The number of hydrogen-bond donors (Lipinski definition) is 1. The minimum absolute atomic E-state index is 0.0310. The van der Waals surface area contributed by atoms with E-state index in [9.17, 15) is 8.42 Å². The molecule has 0 bridgehead atoms. The second kappa shape index (κ2) is 4.08. The van der Waals surface area contributed by atoms with Crippen molar-refractivity contribution in [2.24, 2.45) is 0 Å². The van der Waals surface area contributed by atoms with E-state index in [1.165, 1.54) is 15.8 Å².